The highest BCUT2D eigenvalue weighted by Crippen LogP contribution is 2.32. The average Bonchev–Trinajstić information content (AvgIpc) is 3.01. The van der Waals surface area contributed by atoms with Crippen molar-refractivity contribution in [3.8, 4) is 0 Å². The van der Waals surface area contributed by atoms with Crippen molar-refractivity contribution in [3.63, 3.8) is 0 Å². The number of nitrogens with zero attached hydrogens (tertiary/aromatic N) is 2. The fourth-order valence-electron chi connectivity index (χ4n) is 2.62. The number of ketones is 1. The third-order valence-corrected chi connectivity index (χ3v) is 5.11. The highest BCUT2D eigenvalue weighted by molar-refractivity contribution is 8.18. The molecule has 1 saturated heterocycles. The van der Waals surface area contributed by atoms with Crippen LogP contribution in [0.25, 0.3) is 6.08 Å². The number of carbonyl (C=O) groups excluding carboxylic acids is 4. The molecule has 0 bridgehead atoms. The van der Waals surface area contributed by atoms with Crippen molar-refractivity contribution < 1.29 is 28.8 Å². The second kappa shape index (κ2) is 8.70. The van der Waals surface area contributed by atoms with Crippen molar-refractivity contribution in [1.29, 1.82) is 0 Å². The molecule has 1 fully saturated rings. The van der Waals surface area contributed by atoms with E-state index in [0.717, 1.165) is 4.90 Å². The molecule has 10 heteroatoms. The van der Waals surface area contributed by atoms with Gasteiger partial charge in [0.05, 0.1) is 29.0 Å². The molecule has 2 aromatic carbocycles. The first-order valence-corrected chi connectivity index (χ1v) is 9.33. The van der Waals surface area contributed by atoms with Crippen molar-refractivity contribution in [2.75, 3.05) is 13.7 Å². The molecule has 0 saturated carbocycles. The Labute approximate surface area is 174 Å². The Morgan fingerprint density at radius 2 is 1.67 bits per heavy atom. The average molecular weight is 426 g/mol. The monoisotopic (exact) mass is 426 g/mol. The minimum atomic E-state index is -0.614. The Hall–Kier alpha value is -3.79. The lowest BCUT2D eigenvalue weighted by molar-refractivity contribution is -0.384. The number of methoxy groups -OCH3 is 1. The maximum atomic E-state index is 12.6. The van der Waals surface area contributed by atoms with Gasteiger partial charge in [-0.3, -0.25) is 29.4 Å². The summed E-state index contributed by atoms with van der Waals surface area (Å²) in [6.45, 7) is -0.471. The van der Waals surface area contributed by atoms with E-state index in [9.17, 15) is 29.3 Å². The molecule has 2 aromatic rings. The van der Waals surface area contributed by atoms with Gasteiger partial charge < -0.3 is 4.74 Å². The van der Waals surface area contributed by atoms with E-state index in [1.807, 2.05) is 0 Å². The number of nitro benzene ring substituents is 1. The molecule has 152 valence electrons. The van der Waals surface area contributed by atoms with E-state index in [-0.39, 0.29) is 16.2 Å². The van der Waals surface area contributed by atoms with Gasteiger partial charge in [0.1, 0.15) is 0 Å². The van der Waals surface area contributed by atoms with Gasteiger partial charge in [-0.05, 0) is 47.7 Å². The standard InChI is InChI=1S/C20H14N2O7S/c1-29-19(25)14-4-2-12(3-5-14)10-17-18(24)21(20(26)30-17)11-16(23)13-6-8-15(9-7-13)22(27)28/h2-10H,11H2,1H3/b17-10+. The van der Waals surface area contributed by atoms with Gasteiger partial charge in [-0.15, -0.1) is 0 Å². The molecule has 0 aliphatic carbocycles. The first-order chi connectivity index (χ1) is 14.3. The number of benzene rings is 2. The Morgan fingerprint density at radius 1 is 1.07 bits per heavy atom. The Balaban J connectivity index is 1.72. The lowest BCUT2D eigenvalue weighted by atomic mass is 10.1. The number of hydrogen-bond donors (Lipinski definition) is 0. The zero-order valence-electron chi connectivity index (χ0n) is 15.6. The van der Waals surface area contributed by atoms with E-state index in [4.69, 9.17) is 0 Å². The number of amides is 2. The van der Waals surface area contributed by atoms with Gasteiger partial charge in [-0.25, -0.2) is 4.79 Å². The van der Waals surface area contributed by atoms with Crippen LogP contribution in [0.4, 0.5) is 10.5 Å². The summed E-state index contributed by atoms with van der Waals surface area (Å²) in [5.41, 5.74) is 0.923. The lowest BCUT2D eigenvalue weighted by Gasteiger charge is -2.11. The molecule has 30 heavy (non-hydrogen) atoms. The minimum Gasteiger partial charge on any atom is -0.465 e. The zero-order valence-corrected chi connectivity index (χ0v) is 16.4. The van der Waals surface area contributed by atoms with Crippen molar-refractivity contribution in [1.82, 2.24) is 4.90 Å². The largest absolute Gasteiger partial charge is 0.465 e. The summed E-state index contributed by atoms with van der Waals surface area (Å²) in [4.78, 5) is 59.7. The summed E-state index contributed by atoms with van der Waals surface area (Å²) in [5.74, 6) is -1.63. The highest BCUT2D eigenvalue weighted by atomic mass is 32.2. The molecule has 1 aliphatic rings. The third-order valence-electron chi connectivity index (χ3n) is 4.20. The predicted octanol–water partition coefficient (Wildman–Crippen LogP) is 3.30. The van der Waals surface area contributed by atoms with Crippen LogP contribution in [0.15, 0.2) is 53.4 Å². The molecule has 9 nitrogen and oxygen atoms in total. The lowest BCUT2D eigenvalue weighted by Crippen LogP contribution is -2.33. The second-order valence-corrected chi connectivity index (χ2v) is 7.10. The summed E-state index contributed by atoms with van der Waals surface area (Å²) in [6, 6.07) is 11.2. The van der Waals surface area contributed by atoms with E-state index < -0.39 is 34.4 Å². The molecular weight excluding hydrogens is 412 g/mol. The van der Waals surface area contributed by atoms with Gasteiger partial charge >= 0.3 is 5.97 Å². The van der Waals surface area contributed by atoms with E-state index in [2.05, 4.69) is 4.74 Å². The molecule has 0 atom stereocenters. The first-order valence-electron chi connectivity index (χ1n) is 8.51. The smallest absolute Gasteiger partial charge is 0.337 e. The van der Waals surface area contributed by atoms with E-state index in [0.29, 0.717) is 22.9 Å². The number of esters is 1. The molecule has 0 radical (unpaired) electrons. The van der Waals surface area contributed by atoms with Gasteiger partial charge in [0.2, 0.25) is 0 Å². The molecule has 0 spiro atoms. The van der Waals surface area contributed by atoms with Crippen molar-refractivity contribution in [2.45, 2.75) is 0 Å². The molecule has 1 heterocycles. The number of non-ortho nitro benzene ring substituents is 1. The van der Waals surface area contributed by atoms with Gasteiger partial charge in [-0.2, -0.15) is 0 Å². The van der Waals surface area contributed by atoms with Crippen LogP contribution in [0.5, 0.6) is 0 Å². The number of imide groups is 1. The quantitative estimate of drug-likeness (QED) is 0.227. The van der Waals surface area contributed by atoms with Gasteiger partial charge in [-0.1, -0.05) is 12.1 Å². The van der Waals surface area contributed by atoms with Crippen molar-refractivity contribution in [3.05, 3.63) is 80.2 Å². The fourth-order valence-corrected chi connectivity index (χ4v) is 3.46. The summed E-state index contributed by atoms with van der Waals surface area (Å²) in [6.07, 6.45) is 1.49. The maximum absolute atomic E-state index is 12.6. The van der Waals surface area contributed by atoms with Crippen molar-refractivity contribution >= 4 is 46.4 Å². The molecule has 2 amide bonds. The molecule has 3 rings (SSSR count). The number of hydrogen-bond acceptors (Lipinski definition) is 8. The number of thioether (sulfide) groups is 1. The number of Topliss-reactive ketones (excluding diaryl/α,β-unsaturated/α-hetero) is 1. The van der Waals surface area contributed by atoms with Crippen LogP contribution < -0.4 is 0 Å². The van der Waals surface area contributed by atoms with E-state index in [1.165, 1.54) is 49.6 Å². The molecule has 0 N–H and O–H groups in total. The van der Waals surface area contributed by atoms with Crippen LogP contribution in [0.2, 0.25) is 0 Å². The molecular formula is C20H14N2O7S. The van der Waals surface area contributed by atoms with Crippen LogP contribution >= 0.6 is 11.8 Å². The molecule has 1 aliphatic heterocycles. The Morgan fingerprint density at radius 3 is 2.23 bits per heavy atom. The van der Waals surface area contributed by atoms with Crippen LogP contribution in [0.1, 0.15) is 26.3 Å². The van der Waals surface area contributed by atoms with Crippen LogP contribution in [0, 0.1) is 10.1 Å². The summed E-state index contributed by atoms with van der Waals surface area (Å²) in [5, 5.41) is 10.1. The SMILES string of the molecule is COC(=O)c1ccc(/C=C2/SC(=O)N(CC(=O)c3ccc([N+](=O)[O-])cc3)C2=O)cc1. The Kier molecular flexibility index (Phi) is 6.07. The minimum absolute atomic E-state index is 0.141. The topological polar surface area (TPSA) is 124 Å². The van der Waals surface area contributed by atoms with Crippen LogP contribution in [-0.4, -0.2) is 46.4 Å². The van der Waals surface area contributed by atoms with Crippen LogP contribution in [-0.2, 0) is 9.53 Å². The summed E-state index contributed by atoms with van der Waals surface area (Å²) >= 11 is 0.701. The molecule has 0 aromatic heterocycles. The Bertz CT molecular complexity index is 1080. The normalized spacial score (nSPS) is 14.8. The van der Waals surface area contributed by atoms with E-state index >= 15 is 0 Å². The van der Waals surface area contributed by atoms with Gasteiger partial charge in [0.25, 0.3) is 16.8 Å². The fraction of sp³-hybridized carbons (Fsp3) is 0.100. The van der Waals surface area contributed by atoms with Gasteiger partial charge in [0.15, 0.2) is 5.78 Å². The maximum Gasteiger partial charge on any atom is 0.337 e. The van der Waals surface area contributed by atoms with E-state index in [1.54, 1.807) is 12.1 Å². The van der Waals surface area contributed by atoms with Gasteiger partial charge in [0, 0.05) is 17.7 Å². The van der Waals surface area contributed by atoms with Crippen LogP contribution in [0.3, 0.4) is 0 Å². The summed E-state index contributed by atoms with van der Waals surface area (Å²) in [7, 11) is 1.27. The highest BCUT2D eigenvalue weighted by Gasteiger charge is 2.36. The number of carbonyl (C=O) groups is 4. The number of nitro groups is 1. The summed E-state index contributed by atoms with van der Waals surface area (Å²) < 4.78 is 4.62. The second-order valence-electron chi connectivity index (χ2n) is 6.11. The van der Waals surface area contributed by atoms with Crippen molar-refractivity contribution in [2.24, 2.45) is 0 Å². The first kappa shape index (κ1) is 20.9. The third kappa shape index (κ3) is 4.44. The number of rotatable bonds is 6. The number of ether oxygens (including phenoxy) is 1. The predicted molar refractivity (Wildman–Crippen MR) is 108 cm³/mol. The molecule has 0 unspecified atom stereocenters. The zero-order chi connectivity index (χ0) is 21.8.